The number of benzene rings is 1. The van der Waals surface area contributed by atoms with E-state index in [0.29, 0.717) is 42.8 Å². The zero-order valence-electron chi connectivity index (χ0n) is 20.4. The summed E-state index contributed by atoms with van der Waals surface area (Å²) in [6.45, 7) is 8.83. The molecular formula is C26H29F7N2O2. The minimum absolute atomic E-state index is 0.115. The van der Waals surface area contributed by atoms with Gasteiger partial charge in [0.2, 0.25) is 5.91 Å². The number of alkyl halides is 6. The summed E-state index contributed by atoms with van der Waals surface area (Å²) in [6.07, 6.45) is -7.46. The molecule has 0 radical (unpaired) electrons. The molecule has 3 atom stereocenters. The van der Waals surface area contributed by atoms with Crippen LogP contribution >= 0.6 is 0 Å². The first kappa shape index (κ1) is 28.9. The van der Waals surface area contributed by atoms with Crippen molar-refractivity contribution in [2.24, 2.45) is 11.3 Å². The average Bonchev–Trinajstić information content (AvgIpc) is 3.49. The number of halogens is 7. The average molecular weight is 535 g/mol. The monoisotopic (exact) mass is 534 g/mol. The van der Waals surface area contributed by atoms with Crippen LogP contribution in [0, 0.1) is 11.3 Å². The molecule has 1 aromatic rings. The quantitative estimate of drug-likeness (QED) is 0.373. The summed E-state index contributed by atoms with van der Waals surface area (Å²) in [5.74, 6) is -1.44. The predicted molar refractivity (Wildman–Crippen MR) is 124 cm³/mol. The van der Waals surface area contributed by atoms with Gasteiger partial charge in [-0.15, -0.1) is 0 Å². The number of carbonyl (C=O) groups excluding carboxylic acids is 1. The van der Waals surface area contributed by atoms with Crippen LogP contribution in [-0.4, -0.2) is 54.4 Å². The molecule has 37 heavy (non-hydrogen) atoms. The van der Waals surface area contributed by atoms with Crippen molar-refractivity contribution in [1.29, 1.82) is 0 Å². The number of rotatable bonds is 6. The van der Waals surface area contributed by atoms with Gasteiger partial charge in [0.05, 0.1) is 5.92 Å². The smallest absolute Gasteiger partial charge is 0.369 e. The van der Waals surface area contributed by atoms with Crippen LogP contribution in [0.2, 0.25) is 0 Å². The standard InChI is InChI=1S/C26H29F7N2O2/c1-4-20(27)10-5-16(2)23(3)15-35(22(36)18-11-12-34-13-18)14-21(23)17-6-8-19(9-7-17)24(37,25(28,29)30)26(31,32)33/h4-10,18,21,34,37H,2,11-15H2,1,3H3/b10-5-,20-4+/t18?,21-,23+/m0/s1. The van der Waals surface area contributed by atoms with Crippen molar-refractivity contribution >= 4 is 5.91 Å². The Kier molecular flexibility index (Phi) is 8.00. The Labute approximate surface area is 210 Å². The molecule has 1 unspecified atom stereocenters. The van der Waals surface area contributed by atoms with Crippen LogP contribution in [0.25, 0.3) is 0 Å². The lowest BCUT2D eigenvalue weighted by molar-refractivity contribution is -0.376. The van der Waals surface area contributed by atoms with E-state index in [4.69, 9.17) is 0 Å². The number of hydrogen-bond donors (Lipinski definition) is 2. The van der Waals surface area contributed by atoms with E-state index in [1.165, 1.54) is 25.2 Å². The minimum atomic E-state index is -6.00. The molecule has 2 aliphatic rings. The van der Waals surface area contributed by atoms with E-state index >= 15 is 0 Å². The van der Waals surface area contributed by atoms with Gasteiger partial charge in [-0.05, 0) is 37.1 Å². The number of nitrogens with zero attached hydrogens (tertiary/aromatic N) is 1. The van der Waals surface area contributed by atoms with Crippen molar-refractivity contribution in [1.82, 2.24) is 10.2 Å². The number of amides is 1. The fraction of sp³-hybridized carbons (Fsp3) is 0.500. The molecule has 0 aromatic heterocycles. The summed E-state index contributed by atoms with van der Waals surface area (Å²) in [7, 11) is 0. The number of allylic oxidation sites excluding steroid dienone is 4. The van der Waals surface area contributed by atoms with Gasteiger partial charge in [0, 0.05) is 36.5 Å². The summed E-state index contributed by atoms with van der Waals surface area (Å²) in [5.41, 5.74) is -6.49. The molecule has 0 spiro atoms. The highest BCUT2D eigenvalue weighted by atomic mass is 19.4. The summed E-state index contributed by atoms with van der Waals surface area (Å²) in [5, 5.41) is 12.8. The fourth-order valence-corrected chi connectivity index (χ4v) is 4.99. The Morgan fingerprint density at radius 3 is 2.22 bits per heavy atom. The van der Waals surface area contributed by atoms with E-state index in [1.807, 2.05) is 0 Å². The van der Waals surface area contributed by atoms with Gasteiger partial charge >= 0.3 is 12.4 Å². The van der Waals surface area contributed by atoms with E-state index in [2.05, 4.69) is 11.9 Å². The molecule has 2 fully saturated rings. The third kappa shape index (κ3) is 5.34. The van der Waals surface area contributed by atoms with Crippen LogP contribution in [-0.2, 0) is 10.4 Å². The van der Waals surface area contributed by atoms with E-state index in [9.17, 15) is 40.6 Å². The highest BCUT2D eigenvalue weighted by molar-refractivity contribution is 5.80. The third-order valence-electron chi connectivity index (χ3n) is 7.42. The topological polar surface area (TPSA) is 52.6 Å². The first-order valence-electron chi connectivity index (χ1n) is 11.7. The summed E-state index contributed by atoms with van der Waals surface area (Å²) < 4.78 is 93.6. The van der Waals surface area contributed by atoms with Crippen molar-refractivity contribution in [2.45, 2.75) is 44.1 Å². The van der Waals surface area contributed by atoms with Gasteiger partial charge in [-0.3, -0.25) is 4.79 Å². The summed E-state index contributed by atoms with van der Waals surface area (Å²) >= 11 is 0. The second-order valence-corrected chi connectivity index (χ2v) is 9.74. The highest BCUT2D eigenvalue weighted by Gasteiger charge is 2.71. The lowest BCUT2D eigenvalue weighted by atomic mass is 9.71. The van der Waals surface area contributed by atoms with E-state index in [-0.39, 0.29) is 24.9 Å². The molecule has 0 bridgehead atoms. The first-order valence-corrected chi connectivity index (χ1v) is 11.7. The predicted octanol–water partition coefficient (Wildman–Crippen LogP) is 5.53. The molecule has 11 heteroatoms. The van der Waals surface area contributed by atoms with Gasteiger partial charge < -0.3 is 15.3 Å². The number of nitrogens with one attached hydrogen (secondary N) is 1. The Bertz CT molecular complexity index is 1060. The molecule has 204 valence electrons. The van der Waals surface area contributed by atoms with E-state index in [0.717, 1.165) is 12.1 Å². The SMILES string of the molecule is C=C(/C=C\C(F)=C/C)[C@@]1(C)CN(C(=O)C2CCNC2)C[C@H]1c1ccc(C(O)(C(F)(F)F)C(F)(F)F)cc1. The van der Waals surface area contributed by atoms with Gasteiger partial charge in [0.25, 0.3) is 5.60 Å². The molecule has 0 saturated carbocycles. The van der Waals surface area contributed by atoms with Crippen LogP contribution in [0.5, 0.6) is 0 Å². The Balaban J connectivity index is 2.00. The number of hydrogen-bond acceptors (Lipinski definition) is 3. The zero-order chi connectivity index (χ0) is 27.8. The fourth-order valence-electron chi connectivity index (χ4n) is 4.99. The van der Waals surface area contributed by atoms with Crippen molar-refractivity contribution in [3.8, 4) is 0 Å². The number of carbonyl (C=O) groups is 1. The van der Waals surface area contributed by atoms with Crippen LogP contribution in [0.15, 0.2) is 60.5 Å². The molecule has 2 N–H and O–H groups in total. The van der Waals surface area contributed by atoms with E-state index < -0.39 is 40.7 Å². The molecule has 1 aromatic carbocycles. The molecule has 0 aliphatic carbocycles. The van der Waals surface area contributed by atoms with Gasteiger partial charge in [-0.2, -0.15) is 26.3 Å². The Morgan fingerprint density at radius 2 is 1.73 bits per heavy atom. The van der Waals surface area contributed by atoms with Crippen LogP contribution in [0.4, 0.5) is 30.7 Å². The Hall–Kier alpha value is -2.66. The van der Waals surface area contributed by atoms with Gasteiger partial charge in [0.1, 0.15) is 5.83 Å². The lowest BCUT2D eigenvalue weighted by Crippen LogP contribution is -2.53. The van der Waals surface area contributed by atoms with Gasteiger partial charge in [-0.1, -0.05) is 49.9 Å². The molecule has 1 amide bonds. The zero-order valence-corrected chi connectivity index (χ0v) is 20.4. The third-order valence-corrected chi connectivity index (χ3v) is 7.42. The van der Waals surface area contributed by atoms with Crippen molar-refractivity contribution < 1.29 is 40.6 Å². The normalized spacial score (nSPS) is 25.8. The van der Waals surface area contributed by atoms with E-state index in [1.54, 1.807) is 11.8 Å². The number of aliphatic hydroxyl groups is 1. The maximum Gasteiger partial charge on any atom is 0.430 e. The summed E-state index contributed by atoms with van der Waals surface area (Å²) in [4.78, 5) is 14.8. The largest absolute Gasteiger partial charge is 0.430 e. The van der Waals surface area contributed by atoms with Crippen LogP contribution in [0.1, 0.15) is 37.3 Å². The molecule has 2 aliphatic heterocycles. The summed E-state index contributed by atoms with van der Waals surface area (Å²) in [6, 6.07) is 3.38. The second kappa shape index (κ2) is 10.2. The minimum Gasteiger partial charge on any atom is -0.369 e. The van der Waals surface area contributed by atoms with Crippen molar-refractivity contribution in [3.63, 3.8) is 0 Å². The highest BCUT2D eigenvalue weighted by Crippen LogP contribution is 2.52. The molecular weight excluding hydrogens is 505 g/mol. The van der Waals surface area contributed by atoms with Crippen molar-refractivity contribution in [2.75, 3.05) is 26.2 Å². The van der Waals surface area contributed by atoms with Gasteiger partial charge in [0.15, 0.2) is 0 Å². The van der Waals surface area contributed by atoms with Gasteiger partial charge in [-0.25, -0.2) is 4.39 Å². The first-order chi connectivity index (χ1) is 17.1. The molecule has 2 saturated heterocycles. The lowest BCUT2D eigenvalue weighted by Gasteiger charge is -2.34. The molecule has 4 nitrogen and oxygen atoms in total. The second-order valence-electron chi connectivity index (χ2n) is 9.74. The maximum atomic E-state index is 13.7. The van der Waals surface area contributed by atoms with Crippen LogP contribution < -0.4 is 5.32 Å². The number of likely N-dealkylation sites (tertiary alicyclic amines) is 1. The molecule has 3 rings (SSSR count). The maximum absolute atomic E-state index is 13.7. The van der Waals surface area contributed by atoms with Crippen molar-refractivity contribution in [3.05, 3.63) is 71.6 Å². The Morgan fingerprint density at radius 1 is 1.14 bits per heavy atom. The van der Waals surface area contributed by atoms with Crippen LogP contribution in [0.3, 0.4) is 0 Å². The molecule has 2 heterocycles.